The third-order valence-electron chi connectivity index (χ3n) is 7.21. The molecule has 3 heterocycles. The Morgan fingerprint density at radius 1 is 1.10 bits per heavy atom. The second-order valence-corrected chi connectivity index (χ2v) is 10.3. The predicted octanol–water partition coefficient (Wildman–Crippen LogP) is 4.93. The van der Waals surface area contributed by atoms with Crippen molar-refractivity contribution in [2.75, 3.05) is 20.7 Å². The highest BCUT2D eigenvalue weighted by Crippen LogP contribution is 2.48. The van der Waals surface area contributed by atoms with Crippen molar-refractivity contribution < 1.29 is 9.47 Å². The summed E-state index contributed by atoms with van der Waals surface area (Å²) >= 11 is 1.86. The van der Waals surface area contributed by atoms with Gasteiger partial charge >= 0.3 is 0 Å². The molecule has 2 aromatic heterocycles. The molecule has 5 rings (SSSR count). The van der Waals surface area contributed by atoms with Gasteiger partial charge in [0.25, 0.3) is 0 Å². The van der Waals surface area contributed by atoms with Gasteiger partial charge in [0.1, 0.15) is 17.3 Å². The summed E-state index contributed by atoms with van der Waals surface area (Å²) in [6.45, 7) is 0.948. The third-order valence-corrected chi connectivity index (χ3v) is 8.38. The minimum absolute atomic E-state index is 0.284. The van der Waals surface area contributed by atoms with Crippen LogP contribution < -0.4 is 4.74 Å². The third kappa shape index (κ3) is 4.04. The van der Waals surface area contributed by atoms with E-state index in [1.54, 1.807) is 6.33 Å². The van der Waals surface area contributed by atoms with Crippen molar-refractivity contribution in [2.24, 2.45) is 0 Å². The highest BCUT2D eigenvalue weighted by molar-refractivity contribution is 7.19. The molecule has 1 saturated heterocycles. The summed E-state index contributed by atoms with van der Waals surface area (Å²) in [4.78, 5) is 14.2. The van der Waals surface area contributed by atoms with Crippen LogP contribution in [0.3, 0.4) is 0 Å². The van der Waals surface area contributed by atoms with E-state index in [9.17, 15) is 0 Å². The van der Waals surface area contributed by atoms with Crippen LogP contribution in [0, 0.1) is 0 Å². The Labute approximate surface area is 177 Å². The number of thiophene rings is 1. The van der Waals surface area contributed by atoms with Gasteiger partial charge < -0.3 is 14.4 Å². The summed E-state index contributed by atoms with van der Waals surface area (Å²) in [7, 11) is 4.37. The van der Waals surface area contributed by atoms with Crippen LogP contribution in [0.5, 0.6) is 5.88 Å². The number of nitrogens with zero attached hydrogens (tertiary/aromatic N) is 3. The van der Waals surface area contributed by atoms with E-state index in [0.717, 1.165) is 30.2 Å². The minimum atomic E-state index is 0.284. The summed E-state index contributed by atoms with van der Waals surface area (Å²) in [5.41, 5.74) is 1.50. The van der Waals surface area contributed by atoms with Gasteiger partial charge in [-0.15, -0.1) is 11.3 Å². The Hall–Kier alpha value is -1.24. The first kappa shape index (κ1) is 19.7. The lowest BCUT2D eigenvalue weighted by molar-refractivity contribution is 0.101. The molecule has 0 bridgehead atoms. The van der Waals surface area contributed by atoms with Gasteiger partial charge in [0, 0.05) is 17.5 Å². The molecule has 1 saturated carbocycles. The standard InChI is InChI=1S/C23H33N3O2S/c1-26(2)16-7-10-18(11-8-16)28-22-21-20-15(5-9-17-4-3-13-27-17)6-12-19(20)29-23(21)25-14-24-22/h14-18H,3-13H2,1-2H3. The largest absolute Gasteiger partial charge is 0.474 e. The molecule has 158 valence electrons. The molecule has 0 aromatic carbocycles. The number of rotatable bonds is 6. The van der Waals surface area contributed by atoms with E-state index in [1.807, 2.05) is 11.3 Å². The summed E-state index contributed by atoms with van der Waals surface area (Å²) < 4.78 is 12.4. The van der Waals surface area contributed by atoms with Crippen LogP contribution in [0.2, 0.25) is 0 Å². The zero-order valence-electron chi connectivity index (χ0n) is 17.7. The molecule has 0 radical (unpaired) electrons. The van der Waals surface area contributed by atoms with Crippen molar-refractivity contribution >= 4 is 21.6 Å². The van der Waals surface area contributed by atoms with Crippen molar-refractivity contribution in [1.82, 2.24) is 14.9 Å². The van der Waals surface area contributed by atoms with E-state index >= 15 is 0 Å². The fourth-order valence-electron chi connectivity index (χ4n) is 5.51. The SMILES string of the molecule is CN(C)C1CCC(Oc2ncnc3sc4c(c23)C(CCC2CCCO2)CC4)CC1. The molecule has 0 amide bonds. The Morgan fingerprint density at radius 3 is 2.72 bits per heavy atom. The lowest BCUT2D eigenvalue weighted by Gasteiger charge is -2.32. The zero-order chi connectivity index (χ0) is 19.8. The maximum absolute atomic E-state index is 6.52. The average Bonchev–Trinajstić information content (AvgIpc) is 3.44. The van der Waals surface area contributed by atoms with E-state index in [1.165, 1.54) is 67.2 Å². The van der Waals surface area contributed by atoms with E-state index in [4.69, 9.17) is 9.47 Å². The summed E-state index contributed by atoms with van der Waals surface area (Å²) in [5, 5.41) is 1.22. The van der Waals surface area contributed by atoms with E-state index in [-0.39, 0.29) is 6.10 Å². The molecule has 2 aliphatic carbocycles. The molecule has 2 fully saturated rings. The molecule has 2 atom stereocenters. The molecule has 5 nitrogen and oxygen atoms in total. The highest BCUT2D eigenvalue weighted by Gasteiger charge is 2.32. The molecule has 0 spiro atoms. The fraction of sp³-hybridized carbons (Fsp3) is 0.739. The van der Waals surface area contributed by atoms with E-state index in [2.05, 4.69) is 29.0 Å². The summed E-state index contributed by atoms with van der Waals surface area (Å²) in [6.07, 6.45) is 14.4. The second kappa shape index (κ2) is 8.48. The fourth-order valence-corrected chi connectivity index (χ4v) is 6.75. The predicted molar refractivity (Wildman–Crippen MR) is 117 cm³/mol. The molecular formula is C23H33N3O2S. The van der Waals surface area contributed by atoms with Gasteiger partial charge in [-0.05, 0) is 89.8 Å². The molecule has 3 aliphatic rings. The Kier molecular flexibility index (Phi) is 5.76. The van der Waals surface area contributed by atoms with E-state index < -0.39 is 0 Å². The Balaban J connectivity index is 1.34. The maximum atomic E-state index is 6.52. The van der Waals surface area contributed by atoms with Crippen molar-refractivity contribution in [3.63, 3.8) is 0 Å². The topological polar surface area (TPSA) is 47.5 Å². The number of hydrogen-bond acceptors (Lipinski definition) is 6. The maximum Gasteiger partial charge on any atom is 0.225 e. The number of hydrogen-bond donors (Lipinski definition) is 0. The van der Waals surface area contributed by atoms with Gasteiger partial charge in [-0.2, -0.15) is 0 Å². The monoisotopic (exact) mass is 415 g/mol. The number of ether oxygens (including phenoxy) is 2. The number of fused-ring (bicyclic) bond motifs is 3. The first-order valence-electron chi connectivity index (χ1n) is 11.4. The quantitative estimate of drug-likeness (QED) is 0.669. The smallest absolute Gasteiger partial charge is 0.225 e. The summed E-state index contributed by atoms with van der Waals surface area (Å²) in [6, 6.07) is 0.688. The normalized spacial score (nSPS) is 29.6. The summed E-state index contributed by atoms with van der Waals surface area (Å²) in [5.74, 6) is 1.45. The van der Waals surface area contributed by atoms with Gasteiger partial charge in [-0.1, -0.05) is 0 Å². The van der Waals surface area contributed by atoms with Crippen molar-refractivity contribution in [3.8, 4) is 5.88 Å². The molecular weight excluding hydrogens is 382 g/mol. The lowest BCUT2D eigenvalue weighted by Crippen LogP contribution is -2.35. The molecule has 1 aliphatic heterocycles. The van der Waals surface area contributed by atoms with Crippen molar-refractivity contribution in [1.29, 1.82) is 0 Å². The van der Waals surface area contributed by atoms with Crippen LogP contribution in [-0.2, 0) is 11.2 Å². The number of aryl methyl sites for hydroxylation is 1. The molecule has 29 heavy (non-hydrogen) atoms. The highest BCUT2D eigenvalue weighted by atomic mass is 32.1. The second-order valence-electron chi connectivity index (χ2n) is 9.26. The van der Waals surface area contributed by atoms with Gasteiger partial charge in [-0.25, -0.2) is 9.97 Å². The van der Waals surface area contributed by atoms with Crippen LogP contribution in [0.15, 0.2) is 6.33 Å². The van der Waals surface area contributed by atoms with Gasteiger partial charge in [0.15, 0.2) is 0 Å². The Bertz CT molecular complexity index is 838. The van der Waals surface area contributed by atoms with Gasteiger partial charge in [0.2, 0.25) is 5.88 Å². The zero-order valence-corrected chi connectivity index (χ0v) is 18.5. The van der Waals surface area contributed by atoms with Crippen LogP contribution in [0.25, 0.3) is 10.2 Å². The van der Waals surface area contributed by atoms with Crippen molar-refractivity contribution in [2.45, 2.75) is 88.4 Å². The van der Waals surface area contributed by atoms with Gasteiger partial charge in [0.05, 0.1) is 11.5 Å². The first-order valence-corrected chi connectivity index (χ1v) is 12.2. The molecule has 2 unspecified atom stereocenters. The van der Waals surface area contributed by atoms with Crippen LogP contribution in [0.4, 0.5) is 0 Å². The van der Waals surface area contributed by atoms with Crippen LogP contribution in [0.1, 0.15) is 74.1 Å². The lowest BCUT2D eigenvalue weighted by atomic mass is 9.92. The molecule has 6 heteroatoms. The average molecular weight is 416 g/mol. The van der Waals surface area contributed by atoms with Crippen molar-refractivity contribution in [3.05, 3.63) is 16.8 Å². The Morgan fingerprint density at radius 2 is 1.97 bits per heavy atom. The van der Waals surface area contributed by atoms with Crippen LogP contribution in [-0.4, -0.2) is 53.8 Å². The number of aromatic nitrogens is 2. The first-order chi connectivity index (χ1) is 14.2. The molecule has 0 N–H and O–H groups in total. The van der Waals surface area contributed by atoms with E-state index in [0.29, 0.717) is 18.1 Å². The van der Waals surface area contributed by atoms with Crippen LogP contribution >= 0.6 is 11.3 Å². The van der Waals surface area contributed by atoms with Gasteiger partial charge in [-0.3, -0.25) is 0 Å². The minimum Gasteiger partial charge on any atom is -0.474 e. The molecule has 2 aromatic rings.